The molecule has 1 heterocycles. The van der Waals surface area contributed by atoms with Crippen LogP contribution in [0.15, 0.2) is 60.4 Å². The Labute approximate surface area is 111 Å². The van der Waals surface area contributed by atoms with Crippen LogP contribution in [0, 0.1) is 0 Å². The van der Waals surface area contributed by atoms with Crippen LogP contribution in [0.2, 0.25) is 0 Å². The van der Waals surface area contributed by atoms with E-state index in [4.69, 9.17) is 9.47 Å². The summed E-state index contributed by atoms with van der Waals surface area (Å²) in [5.41, 5.74) is 1.44. The van der Waals surface area contributed by atoms with Crippen molar-refractivity contribution in [2.75, 3.05) is 7.11 Å². The molecular weight excluding hydrogens is 240 g/mol. The van der Waals surface area contributed by atoms with Gasteiger partial charge in [-0.05, 0) is 12.1 Å². The summed E-state index contributed by atoms with van der Waals surface area (Å²) in [5, 5.41) is 0. The molecule has 0 saturated carbocycles. The molecule has 2 aromatic rings. The average molecular weight is 252 g/mol. The van der Waals surface area contributed by atoms with Gasteiger partial charge >= 0.3 is 0 Å². The Kier molecular flexibility index (Phi) is 2.80. The number of rotatable bonds is 4. The van der Waals surface area contributed by atoms with Crippen LogP contribution in [0.4, 0.5) is 0 Å². The molecule has 0 aromatic heterocycles. The largest absolute Gasteiger partial charge is 0.496 e. The van der Waals surface area contributed by atoms with Crippen molar-refractivity contribution >= 4 is 11.5 Å². The van der Waals surface area contributed by atoms with Gasteiger partial charge in [-0.2, -0.15) is 0 Å². The fraction of sp³-hybridized carbons (Fsp3) is 0.0625. The third kappa shape index (κ3) is 2.10. The smallest absolute Gasteiger partial charge is 0.232 e. The number of hydrogen-bond acceptors (Lipinski definition) is 3. The molecule has 0 spiro atoms. The molecule has 3 heteroatoms. The Bertz CT molecular complexity index is 657. The van der Waals surface area contributed by atoms with Gasteiger partial charge in [0, 0.05) is 5.56 Å². The average Bonchev–Trinajstić information content (AvgIpc) is 3.27. The lowest BCUT2D eigenvalue weighted by molar-refractivity contribution is 0.101. The molecule has 0 unspecified atom stereocenters. The van der Waals surface area contributed by atoms with Gasteiger partial charge in [-0.15, -0.1) is 0 Å². The predicted molar refractivity (Wildman–Crippen MR) is 71.8 cm³/mol. The summed E-state index contributed by atoms with van der Waals surface area (Å²) in [4.78, 5) is 12.2. The second-order valence-electron chi connectivity index (χ2n) is 4.16. The highest BCUT2D eigenvalue weighted by Gasteiger charge is 2.35. The van der Waals surface area contributed by atoms with E-state index in [1.54, 1.807) is 19.2 Å². The molecule has 94 valence electrons. The highest BCUT2D eigenvalue weighted by atomic mass is 16.6. The van der Waals surface area contributed by atoms with Crippen LogP contribution >= 0.6 is 0 Å². The summed E-state index contributed by atoms with van der Waals surface area (Å²) in [5.74, 6) is 1.61. The molecule has 1 aliphatic rings. The quantitative estimate of drug-likeness (QED) is 0.784. The summed E-state index contributed by atoms with van der Waals surface area (Å²) in [7, 11) is 1.60. The second kappa shape index (κ2) is 4.61. The number of carbonyl (C=O) groups excluding carboxylic acids is 1. The summed E-state index contributed by atoms with van der Waals surface area (Å²) < 4.78 is 10.6. The van der Waals surface area contributed by atoms with E-state index in [0.29, 0.717) is 22.8 Å². The highest BCUT2D eigenvalue weighted by Crippen LogP contribution is 2.41. The van der Waals surface area contributed by atoms with Gasteiger partial charge in [0.05, 0.1) is 12.7 Å². The van der Waals surface area contributed by atoms with Crippen molar-refractivity contribution in [3.63, 3.8) is 0 Å². The van der Waals surface area contributed by atoms with E-state index >= 15 is 0 Å². The van der Waals surface area contributed by atoms with Crippen molar-refractivity contribution in [3.8, 4) is 5.75 Å². The zero-order valence-electron chi connectivity index (χ0n) is 10.4. The van der Waals surface area contributed by atoms with Crippen LogP contribution in [-0.2, 0) is 4.74 Å². The van der Waals surface area contributed by atoms with E-state index in [-0.39, 0.29) is 5.78 Å². The first-order chi connectivity index (χ1) is 9.31. The van der Waals surface area contributed by atoms with Crippen LogP contribution in [0.5, 0.6) is 5.75 Å². The number of para-hydroxylation sites is 1. The van der Waals surface area contributed by atoms with Gasteiger partial charge in [0.15, 0.2) is 5.76 Å². The fourth-order valence-electron chi connectivity index (χ4n) is 1.96. The van der Waals surface area contributed by atoms with Gasteiger partial charge < -0.3 is 9.47 Å². The molecule has 0 radical (unpaired) electrons. The van der Waals surface area contributed by atoms with Crippen molar-refractivity contribution in [3.05, 3.63) is 71.5 Å². The molecule has 0 amide bonds. The summed E-state index contributed by atoms with van der Waals surface area (Å²) in [6.45, 7) is 0. The normalized spacial score (nSPS) is 12.9. The van der Waals surface area contributed by atoms with Gasteiger partial charge in [0.1, 0.15) is 5.75 Å². The van der Waals surface area contributed by atoms with Gasteiger partial charge in [-0.3, -0.25) is 4.79 Å². The Morgan fingerprint density at radius 3 is 2.42 bits per heavy atom. The molecule has 1 aliphatic heterocycles. The van der Waals surface area contributed by atoms with Crippen molar-refractivity contribution in [1.82, 2.24) is 0 Å². The van der Waals surface area contributed by atoms with Gasteiger partial charge in [0.2, 0.25) is 11.5 Å². The van der Waals surface area contributed by atoms with Crippen molar-refractivity contribution in [2.45, 2.75) is 0 Å². The number of allylic oxidation sites excluding steroid dienone is 1. The number of hydrogen-bond donors (Lipinski definition) is 0. The van der Waals surface area contributed by atoms with Gasteiger partial charge in [0.25, 0.3) is 0 Å². The molecule has 19 heavy (non-hydrogen) atoms. The maximum absolute atomic E-state index is 12.2. The van der Waals surface area contributed by atoms with Gasteiger partial charge in [-0.25, -0.2) is 0 Å². The van der Waals surface area contributed by atoms with Gasteiger partial charge in [-0.1, -0.05) is 42.5 Å². The first-order valence-corrected chi connectivity index (χ1v) is 5.96. The number of benzene rings is 2. The lowest BCUT2D eigenvalue weighted by atomic mass is 10.1. The molecular formula is C16H12O3. The predicted octanol–water partition coefficient (Wildman–Crippen LogP) is 3.28. The Morgan fingerprint density at radius 1 is 1.00 bits per heavy atom. The molecule has 0 fully saturated rings. The maximum Gasteiger partial charge on any atom is 0.232 e. The topological polar surface area (TPSA) is 38.8 Å². The highest BCUT2D eigenvalue weighted by molar-refractivity contribution is 6.15. The second-order valence-corrected chi connectivity index (χ2v) is 4.16. The van der Waals surface area contributed by atoms with Crippen molar-refractivity contribution < 1.29 is 14.3 Å². The van der Waals surface area contributed by atoms with Crippen molar-refractivity contribution in [1.29, 1.82) is 0 Å². The zero-order chi connectivity index (χ0) is 13.2. The standard InChI is InChI=1S/C16H12O3/c1-18-13-10-6-5-9-12(13)15-16(19-15)14(17)11-7-3-2-4-8-11/h2-10H,1H3. The monoisotopic (exact) mass is 252 g/mol. The number of ketones is 1. The lowest BCUT2D eigenvalue weighted by Crippen LogP contribution is -1.95. The van der Waals surface area contributed by atoms with E-state index in [1.807, 2.05) is 42.5 Å². The number of ether oxygens (including phenoxy) is 2. The molecule has 3 rings (SSSR count). The Balaban J connectivity index is 1.93. The zero-order valence-corrected chi connectivity index (χ0v) is 10.4. The summed E-state index contributed by atoms with van der Waals surface area (Å²) >= 11 is 0. The van der Waals surface area contributed by atoms with Crippen LogP contribution in [0.25, 0.3) is 5.76 Å². The molecule has 2 aromatic carbocycles. The van der Waals surface area contributed by atoms with E-state index in [1.165, 1.54) is 0 Å². The van der Waals surface area contributed by atoms with E-state index in [0.717, 1.165) is 5.56 Å². The minimum absolute atomic E-state index is 0.0958. The number of methoxy groups -OCH3 is 1. The van der Waals surface area contributed by atoms with Crippen LogP contribution in [0.3, 0.4) is 0 Å². The molecule has 0 bridgehead atoms. The number of carbonyl (C=O) groups is 1. The Hall–Kier alpha value is -2.55. The molecule has 0 aliphatic carbocycles. The van der Waals surface area contributed by atoms with Crippen LogP contribution < -0.4 is 4.74 Å². The summed E-state index contributed by atoms with van der Waals surface area (Å²) in [6, 6.07) is 16.6. The van der Waals surface area contributed by atoms with Crippen molar-refractivity contribution in [2.24, 2.45) is 0 Å². The first kappa shape index (κ1) is 11.5. The third-order valence-corrected chi connectivity index (χ3v) is 2.96. The maximum atomic E-state index is 12.2. The Morgan fingerprint density at radius 2 is 1.68 bits per heavy atom. The molecule has 3 nitrogen and oxygen atoms in total. The minimum atomic E-state index is -0.0958. The molecule has 0 N–H and O–H groups in total. The molecule has 0 saturated heterocycles. The van der Waals surface area contributed by atoms with Crippen LogP contribution in [-0.4, -0.2) is 12.9 Å². The fourth-order valence-corrected chi connectivity index (χ4v) is 1.96. The lowest BCUT2D eigenvalue weighted by Gasteiger charge is -2.01. The SMILES string of the molecule is COc1ccccc1C1=C(C(=O)c2ccccc2)O1. The van der Waals surface area contributed by atoms with E-state index in [9.17, 15) is 4.79 Å². The third-order valence-electron chi connectivity index (χ3n) is 2.96. The van der Waals surface area contributed by atoms with E-state index in [2.05, 4.69) is 0 Å². The number of Topliss-reactive ketones (excluding diaryl/α,β-unsaturated/α-hetero) is 1. The summed E-state index contributed by atoms with van der Waals surface area (Å²) in [6.07, 6.45) is 0. The van der Waals surface area contributed by atoms with Crippen LogP contribution in [0.1, 0.15) is 15.9 Å². The first-order valence-electron chi connectivity index (χ1n) is 5.96. The minimum Gasteiger partial charge on any atom is -0.496 e. The van der Waals surface area contributed by atoms with E-state index < -0.39 is 0 Å². The molecule has 0 atom stereocenters.